The fourth-order valence-corrected chi connectivity index (χ4v) is 2.64. The normalized spacial score (nSPS) is 9.93. The maximum atomic E-state index is 8.70. The Balaban J connectivity index is 0.00000364. The lowest BCUT2D eigenvalue weighted by molar-refractivity contribution is 0.292. The molecule has 0 radical (unpaired) electrons. The van der Waals surface area contributed by atoms with Crippen LogP contribution in [0.25, 0.3) is 0 Å². The summed E-state index contributed by atoms with van der Waals surface area (Å²) in [4.78, 5) is 0. The van der Waals surface area contributed by atoms with Crippen LogP contribution >= 0.6 is 24.8 Å². The fraction of sp³-hybridized carbons (Fsp3) is 0.429. The van der Waals surface area contributed by atoms with E-state index in [2.05, 4.69) is 28.8 Å². The van der Waals surface area contributed by atoms with E-state index in [9.17, 15) is 0 Å². The van der Waals surface area contributed by atoms with E-state index in [-0.39, 0.29) is 31.4 Å². The number of aliphatic hydroxyl groups is 1. The number of hydrogen-bond donors (Lipinski definition) is 3. The van der Waals surface area contributed by atoms with Crippen LogP contribution in [0.2, 0.25) is 0 Å². The Labute approximate surface area is 180 Å². The highest BCUT2D eigenvalue weighted by atomic mass is 35.5. The van der Waals surface area contributed by atoms with Gasteiger partial charge in [-0.15, -0.1) is 24.8 Å². The van der Waals surface area contributed by atoms with Crippen LogP contribution in [0, 0.1) is 0 Å². The number of benzene rings is 2. The van der Waals surface area contributed by atoms with Gasteiger partial charge in [0.2, 0.25) is 0 Å². The van der Waals surface area contributed by atoms with Crippen LogP contribution in [0.3, 0.4) is 0 Å². The molecule has 0 aromatic heterocycles. The van der Waals surface area contributed by atoms with Crippen LogP contribution in [-0.4, -0.2) is 45.1 Å². The van der Waals surface area contributed by atoms with Gasteiger partial charge in [-0.3, -0.25) is 0 Å². The van der Waals surface area contributed by atoms with Gasteiger partial charge in [0, 0.05) is 19.5 Å². The van der Waals surface area contributed by atoms with Gasteiger partial charge in [0.05, 0.1) is 20.3 Å². The molecule has 0 aliphatic heterocycles. The van der Waals surface area contributed by atoms with E-state index in [0.717, 1.165) is 44.0 Å². The van der Waals surface area contributed by atoms with E-state index in [1.807, 2.05) is 30.3 Å². The number of aliphatic hydroxyl groups excluding tert-OH is 1. The first-order valence-corrected chi connectivity index (χ1v) is 9.19. The molecule has 0 heterocycles. The van der Waals surface area contributed by atoms with Gasteiger partial charge in [-0.2, -0.15) is 0 Å². The highest BCUT2D eigenvalue weighted by Gasteiger charge is 2.06. The molecule has 0 saturated heterocycles. The maximum Gasteiger partial charge on any atom is 0.161 e. The number of halogens is 2. The van der Waals surface area contributed by atoms with Crippen LogP contribution in [0.1, 0.15) is 17.5 Å². The molecule has 0 aliphatic carbocycles. The predicted molar refractivity (Wildman–Crippen MR) is 119 cm³/mol. The first-order chi connectivity index (χ1) is 12.8. The molecule has 0 fully saturated rings. The molecular formula is C21H32Cl2N2O3. The lowest BCUT2D eigenvalue weighted by Gasteiger charge is -2.13. The summed E-state index contributed by atoms with van der Waals surface area (Å²) in [5, 5.41) is 15.3. The molecule has 28 heavy (non-hydrogen) atoms. The molecule has 0 saturated carbocycles. The van der Waals surface area contributed by atoms with Crippen molar-refractivity contribution in [1.82, 2.24) is 10.6 Å². The molecule has 3 N–H and O–H groups in total. The molecule has 0 amide bonds. The summed E-state index contributed by atoms with van der Waals surface area (Å²) in [6, 6.07) is 16.4. The highest BCUT2D eigenvalue weighted by Crippen LogP contribution is 2.28. The quantitative estimate of drug-likeness (QED) is 0.425. The molecule has 0 atom stereocenters. The number of rotatable bonds is 13. The third-order valence-electron chi connectivity index (χ3n) is 4.04. The van der Waals surface area contributed by atoms with Crippen molar-refractivity contribution in [2.75, 3.05) is 40.0 Å². The van der Waals surface area contributed by atoms with Gasteiger partial charge in [-0.05, 0) is 42.8 Å². The van der Waals surface area contributed by atoms with Gasteiger partial charge < -0.3 is 25.2 Å². The van der Waals surface area contributed by atoms with E-state index >= 15 is 0 Å². The van der Waals surface area contributed by atoms with Crippen LogP contribution in [0.15, 0.2) is 48.5 Å². The van der Waals surface area contributed by atoms with Crippen molar-refractivity contribution in [3.05, 3.63) is 59.7 Å². The second-order valence-corrected chi connectivity index (χ2v) is 6.07. The molecular weight excluding hydrogens is 399 g/mol. The van der Waals surface area contributed by atoms with Crippen LogP contribution in [0.4, 0.5) is 0 Å². The zero-order valence-corrected chi connectivity index (χ0v) is 18.0. The van der Waals surface area contributed by atoms with Crippen molar-refractivity contribution in [3.8, 4) is 11.5 Å². The van der Waals surface area contributed by atoms with Crippen molar-refractivity contribution >= 4 is 24.8 Å². The fourth-order valence-electron chi connectivity index (χ4n) is 2.64. The first kappa shape index (κ1) is 26.5. The Bertz CT molecular complexity index is 630. The second-order valence-electron chi connectivity index (χ2n) is 6.07. The largest absolute Gasteiger partial charge is 0.493 e. The number of nitrogens with one attached hydrogen (secondary N) is 2. The lowest BCUT2D eigenvalue weighted by Crippen LogP contribution is -2.23. The molecule has 0 aliphatic rings. The number of hydrogen-bond acceptors (Lipinski definition) is 5. The topological polar surface area (TPSA) is 62.8 Å². The van der Waals surface area contributed by atoms with E-state index in [0.29, 0.717) is 13.2 Å². The lowest BCUT2D eigenvalue weighted by atomic mass is 10.1. The summed E-state index contributed by atoms with van der Waals surface area (Å²) < 4.78 is 11.4. The monoisotopic (exact) mass is 430 g/mol. The highest BCUT2D eigenvalue weighted by molar-refractivity contribution is 5.85. The zero-order valence-electron chi connectivity index (χ0n) is 16.4. The molecule has 0 unspecified atom stereocenters. The summed E-state index contributed by atoms with van der Waals surface area (Å²) in [6.07, 6.45) is 1.90. The standard InChI is InChI=1S/C21H30N2O3.2ClH/c1-25-21-16-19(17-23-12-5-11-22-13-14-24)8-9-20(21)26-15-10-18-6-3-2-4-7-18;;/h2-4,6-9,16,22-24H,5,10-15,17H2,1H3;2*1H. The van der Waals surface area contributed by atoms with Crippen molar-refractivity contribution in [3.63, 3.8) is 0 Å². The third-order valence-corrected chi connectivity index (χ3v) is 4.04. The molecule has 7 heteroatoms. The molecule has 0 spiro atoms. The average Bonchev–Trinajstić information content (AvgIpc) is 2.69. The molecule has 2 aromatic rings. The first-order valence-electron chi connectivity index (χ1n) is 9.19. The van der Waals surface area contributed by atoms with Crippen molar-refractivity contribution in [1.29, 1.82) is 0 Å². The van der Waals surface area contributed by atoms with E-state index in [1.165, 1.54) is 11.1 Å². The van der Waals surface area contributed by atoms with Crippen molar-refractivity contribution in [2.24, 2.45) is 0 Å². The molecule has 2 rings (SSSR count). The Hall–Kier alpha value is -1.50. The summed E-state index contributed by atoms with van der Waals surface area (Å²) >= 11 is 0. The van der Waals surface area contributed by atoms with E-state index < -0.39 is 0 Å². The number of methoxy groups -OCH3 is 1. The van der Waals surface area contributed by atoms with Gasteiger partial charge in [0.25, 0.3) is 0 Å². The second kappa shape index (κ2) is 16.5. The number of ether oxygens (including phenoxy) is 2. The minimum atomic E-state index is 0. The van der Waals surface area contributed by atoms with Gasteiger partial charge in [-0.25, -0.2) is 0 Å². The smallest absolute Gasteiger partial charge is 0.161 e. The van der Waals surface area contributed by atoms with Gasteiger partial charge in [0.1, 0.15) is 0 Å². The Morgan fingerprint density at radius 3 is 2.32 bits per heavy atom. The summed E-state index contributed by atoms with van der Waals surface area (Å²) in [5.41, 5.74) is 2.43. The summed E-state index contributed by atoms with van der Waals surface area (Å²) in [7, 11) is 1.67. The van der Waals surface area contributed by atoms with E-state index in [4.69, 9.17) is 14.6 Å². The van der Waals surface area contributed by atoms with Gasteiger partial charge in [-0.1, -0.05) is 36.4 Å². The van der Waals surface area contributed by atoms with Crippen LogP contribution < -0.4 is 20.1 Å². The van der Waals surface area contributed by atoms with Crippen molar-refractivity contribution in [2.45, 2.75) is 19.4 Å². The SMILES string of the molecule is COc1cc(CNCCCNCCO)ccc1OCCc1ccccc1.Cl.Cl. The molecule has 0 bridgehead atoms. The minimum Gasteiger partial charge on any atom is -0.493 e. The summed E-state index contributed by atoms with van der Waals surface area (Å²) in [5.74, 6) is 1.54. The minimum absolute atomic E-state index is 0. The van der Waals surface area contributed by atoms with E-state index in [1.54, 1.807) is 7.11 Å². The molecule has 5 nitrogen and oxygen atoms in total. The Morgan fingerprint density at radius 1 is 0.857 bits per heavy atom. The average molecular weight is 431 g/mol. The summed E-state index contributed by atoms with van der Waals surface area (Å²) in [6.45, 7) is 4.09. The Kier molecular flexibility index (Phi) is 15.6. The maximum absolute atomic E-state index is 8.70. The molecule has 158 valence electrons. The van der Waals surface area contributed by atoms with Gasteiger partial charge in [0.15, 0.2) is 11.5 Å². The molecule has 2 aromatic carbocycles. The van der Waals surface area contributed by atoms with Gasteiger partial charge >= 0.3 is 0 Å². The van der Waals surface area contributed by atoms with Crippen LogP contribution in [-0.2, 0) is 13.0 Å². The Morgan fingerprint density at radius 2 is 1.61 bits per heavy atom. The zero-order chi connectivity index (χ0) is 18.5. The van der Waals surface area contributed by atoms with Crippen molar-refractivity contribution < 1.29 is 14.6 Å². The van der Waals surface area contributed by atoms with Crippen LogP contribution in [0.5, 0.6) is 11.5 Å². The third kappa shape index (κ3) is 10.2. The predicted octanol–water partition coefficient (Wildman–Crippen LogP) is 3.22.